The van der Waals surface area contributed by atoms with Gasteiger partial charge < -0.3 is 10.5 Å². The van der Waals surface area contributed by atoms with Gasteiger partial charge in [0.2, 0.25) is 0 Å². The van der Waals surface area contributed by atoms with Gasteiger partial charge in [0.25, 0.3) is 0 Å². The minimum absolute atomic E-state index is 0.530. The van der Waals surface area contributed by atoms with Gasteiger partial charge in [-0.25, -0.2) is 0 Å². The number of hydrogen-bond donors (Lipinski definition) is 1. The molecule has 100 valence electrons. The highest BCUT2D eigenvalue weighted by molar-refractivity contribution is 5.88. The smallest absolute Gasteiger partial charge is 0.143 e. The van der Waals surface area contributed by atoms with Crippen LogP contribution in [0.5, 0.6) is 5.75 Å². The molecule has 0 atom stereocenters. The molecular weight excluding hydrogens is 246 g/mol. The molecule has 3 rings (SSSR count). The molecule has 0 saturated heterocycles. The Morgan fingerprint density at radius 2 is 1.70 bits per heavy atom. The van der Waals surface area contributed by atoms with Gasteiger partial charge in [-0.2, -0.15) is 0 Å². The van der Waals surface area contributed by atoms with E-state index in [4.69, 9.17) is 10.5 Å². The maximum atomic E-state index is 6.06. The lowest BCUT2D eigenvalue weighted by Crippen LogP contribution is -1.98. The first-order chi connectivity index (χ1) is 9.72. The third-order valence-electron chi connectivity index (χ3n) is 3.36. The third kappa shape index (κ3) is 2.59. The van der Waals surface area contributed by atoms with Gasteiger partial charge in [0.15, 0.2) is 0 Å². The first-order valence-electron chi connectivity index (χ1n) is 6.69. The van der Waals surface area contributed by atoms with Gasteiger partial charge >= 0.3 is 0 Å². The highest BCUT2D eigenvalue weighted by Crippen LogP contribution is 2.29. The van der Waals surface area contributed by atoms with Crippen molar-refractivity contribution in [3.8, 4) is 5.75 Å². The van der Waals surface area contributed by atoms with Gasteiger partial charge in [-0.15, -0.1) is 0 Å². The summed E-state index contributed by atoms with van der Waals surface area (Å²) in [6.45, 7) is 2.61. The molecule has 0 aromatic heterocycles. The number of rotatable bonds is 3. The van der Waals surface area contributed by atoms with E-state index in [1.54, 1.807) is 0 Å². The molecule has 2 N–H and O–H groups in total. The van der Waals surface area contributed by atoms with Crippen molar-refractivity contribution in [2.75, 3.05) is 5.73 Å². The van der Waals surface area contributed by atoms with Crippen molar-refractivity contribution in [1.82, 2.24) is 0 Å². The molecule has 0 aliphatic heterocycles. The number of fused-ring (bicyclic) bond motifs is 1. The minimum atomic E-state index is 0.530. The van der Waals surface area contributed by atoms with Crippen LogP contribution in [0.3, 0.4) is 0 Å². The van der Waals surface area contributed by atoms with E-state index in [-0.39, 0.29) is 0 Å². The lowest BCUT2D eigenvalue weighted by Gasteiger charge is -2.11. The highest BCUT2D eigenvalue weighted by atomic mass is 16.5. The summed E-state index contributed by atoms with van der Waals surface area (Å²) in [5.41, 5.74) is 9.11. The number of hydrogen-bond acceptors (Lipinski definition) is 2. The molecule has 0 aliphatic rings. The lowest BCUT2D eigenvalue weighted by atomic mass is 10.1. The van der Waals surface area contributed by atoms with E-state index in [9.17, 15) is 0 Å². The lowest BCUT2D eigenvalue weighted by molar-refractivity contribution is 0.308. The molecule has 0 aliphatic carbocycles. The van der Waals surface area contributed by atoms with Crippen LogP contribution in [0.4, 0.5) is 5.69 Å². The second-order valence-corrected chi connectivity index (χ2v) is 5.01. The average Bonchev–Trinajstić information content (AvgIpc) is 2.46. The number of nitrogen functional groups attached to an aromatic ring is 1. The van der Waals surface area contributed by atoms with Gasteiger partial charge in [0.05, 0.1) is 5.69 Å². The van der Waals surface area contributed by atoms with Crippen LogP contribution in [0.2, 0.25) is 0 Å². The Hall–Kier alpha value is -2.48. The summed E-state index contributed by atoms with van der Waals surface area (Å²) in [5, 5.41) is 2.29. The van der Waals surface area contributed by atoms with Crippen molar-refractivity contribution >= 4 is 16.5 Å². The number of ether oxygens (including phenoxy) is 1. The summed E-state index contributed by atoms with van der Waals surface area (Å²) in [6, 6.07) is 20.4. The Labute approximate surface area is 118 Å². The van der Waals surface area contributed by atoms with Crippen molar-refractivity contribution in [2.45, 2.75) is 13.5 Å². The largest absolute Gasteiger partial charge is 0.487 e. The Morgan fingerprint density at radius 3 is 2.50 bits per heavy atom. The fourth-order valence-corrected chi connectivity index (χ4v) is 2.27. The number of nitrogens with two attached hydrogens (primary N) is 1. The second kappa shape index (κ2) is 5.25. The number of anilines is 1. The van der Waals surface area contributed by atoms with Crippen LogP contribution in [0.25, 0.3) is 10.8 Å². The number of aryl methyl sites for hydroxylation is 1. The molecule has 0 amide bonds. The van der Waals surface area contributed by atoms with Crippen LogP contribution in [-0.4, -0.2) is 0 Å². The molecule has 2 heteroatoms. The third-order valence-corrected chi connectivity index (χ3v) is 3.36. The van der Waals surface area contributed by atoms with Gasteiger partial charge in [-0.1, -0.05) is 54.1 Å². The van der Waals surface area contributed by atoms with E-state index in [1.807, 2.05) is 42.5 Å². The summed E-state index contributed by atoms with van der Waals surface area (Å²) in [5.74, 6) is 0.743. The Kier molecular flexibility index (Phi) is 3.30. The van der Waals surface area contributed by atoms with Crippen molar-refractivity contribution in [2.24, 2.45) is 0 Å². The van der Waals surface area contributed by atoms with Crippen molar-refractivity contribution in [3.05, 3.63) is 71.8 Å². The maximum Gasteiger partial charge on any atom is 0.143 e. The van der Waals surface area contributed by atoms with Crippen molar-refractivity contribution in [3.63, 3.8) is 0 Å². The molecule has 3 aromatic carbocycles. The summed E-state index contributed by atoms with van der Waals surface area (Å²) in [4.78, 5) is 0. The van der Waals surface area contributed by atoms with E-state index >= 15 is 0 Å². The number of benzene rings is 3. The minimum Gasteiger partial charge on any atom is -0.487 e. The Balaban J connectivity index is 1.89. The normalized spacial score (nSPS) is 10.7. The fraction of sp³-hybridized carbons (Fsp3) is 0.111. The van der Waals surface area contributed by atoms with Gasteiger partial charge in [0.1, 0.15) is 12.4 Å². The fourth-order valence-electron chi connectivity index (χ4n) is 2.27. The zero-order valence-electron chi connectivity index (χ0n) is 11.5. The summed E-state index contributed by atoms with van der Waals surface area (Å²) in [7, 11) is 0. The van der Waals surface area contributed by atoms with E-state index in [2.05, 4.69) is 25.1 Å². The van der Waals surface area contributed by atoms with Gasteiger partial charge in [-0.3, -0.25) is 0 Å². The van der Waals surface area contributed by atoms with Gasteiger partial charge in [0, 0.05) is 0 Å². The van der Waals surface area contributed by atoms with Crippen LogP contribution in [0.1, 0.15) is 11.1 Å². The SMILES string of the molecule is Cc1ccc2cc(N)c(OCc3ccccc3)cc2c1. The molecular formula is C18H17NO. The maximum absolute atomic E-state index is 6.06. The zero-order valence-corrected chi connectivity index (χ0v) is 11.5. The molecule has 0 bridgehead atoms. The van der Waals surface area contributed by atoms with E-state index in [0.29, 0.717) is 12.3 Å². The Morgan fingerprint density at radius 1 is 0.900 bits per heavy atom. The van der Waals surface area contributed by atoms with Crippen LogP contribution >= 0.6 is 0 Å². The molecule has 0 fully saturated rings. The van der Waals surface area contributed by atoms with Crippen LogP contribution in [-0.2, 0) is 6.61 Å². The van der Waals surface area contributed by atoms with Crippen LogP contribution < -0.4 is 10.5 Å². The molecule has 2 nitrogen and oxygen atoms in total. The standard InChI is InChI=1S/C18H17NO/c1-13-7-8-15-10-17(19)18(11-16(15)9-13)20-12-14-5-3-2-4-6-14/h2-11H,12,19H2,1H3. The van der Waals surface area contributed by atoms with E-state index in [0.717, 1.165) is 22.1 Å². The summed E-state index contributed by atoms with van der Waals surface area (Å²) in [6.07, 6.45) is 0. The molecule has 0 heterocycles. The van der Waals surface area contributed by atoms with Crippen LogP contribution in [0, 0.1) is 6.92 Å². The van der Waals surface area contributed by atoms with Crippen molar-refractivity contribution < 1.29 is 4.74 Å². The molecule has 0 saturated carbocycles. The predicted octanol–water partition coefficient (Wildman–Crippen LogP) is 4.31. The van der Waals surface area contributed by atoms with E-state index < -0.39 is 0 Å². The first-order valence-corrected chi connectivity index (χ1v) is 6.69. The van der Waals surface area contributed by atoms with Crippen molar-refractivity contribution in [1.29, 1.82) is 0 Å². The van der Waals surface area contributed by atoms with Gasteiger partial charge in [-0.05, 0) is 35.4 Å². The molecule has 3 aromatic rings. The molecule has 0 radical (unpaired) electrons. The zero-order chi connectivity index (χ0) is 13.9. The quantitative estimate of drug-likeness (QED) is 0.715. The average molecular weight is 263 g/mol. The monoisotopic (exact) mass is 263 g/mol. The molecule has 0 spiro atoms. The second-order valence-electron chi connectivity index (χ2n) is 5.01. The summed E-state index contributed by atoms with van der Waals surface area (Å²) >= 11 is 0. The van der Waals surface area contributed by atoms with Crippen LogP contribution in [0.15, 0.2) is 60.7 Å². The molecule has 20 heavy (non-hydrogen) atoms. The predicted molar refractivity (Wildman–Crippen MR) is 83.9 cm³/mol. The first kappa shape index (κ1) is 12.5. The highest BCUT2D eigenvalue weighted by Gasteiger charge is 2.04. The summed E-state index contributed by atoms with van der Waals surface area (Å²) < 4.78 is 5.85. The topological polar surface area (TPSA) is 35.2 Å². The Bertz CT molecular complexity index is 735. The van der Waals surface area contributed by atoms with E-state index in [1.165, 1.54) is 5.56 Å². The molecule has 0 unspecified atom stereocenters.